The summed E-state index contributed by atoms with van der Waals surface area (Å²) in [5.41, 5.74) is 4.30. The van der Waals surface area contributed by atoms with Crippen LogP contribution in [-0.4, -0.2) is 58.8 Å². The molecule has 2 aromatic carbocycles. The maximum atomic E-state index is 14.0. The first-order chi connectivity index (χ1) is 18.4. The fourth-order valence-electron chi connectivity index (χ4n) is 3.64. The lowest BCUT2D eigenvalue weighted by Crippen LogP contribution is -2.33. The third-order valence-electron chi connectivity index (χ3n) is 5.60. The Balaban J connectivity index is 1.65. The van der Waals surface area contributed by atoms with Crippen molar-refractivity contribution in [3.8, 4) is 0 Å². The van der Waals surface area contributed by atoms with Gasteiger partial charge in [0.05, 0.1) is 23.0 Å². The lowest BCUT2D eigenvalue weighted by Gasteiger charge is -2.23. The van der Waals surface area contributed by atoms with Crippen LogP contribution < -0.4 is 10.7 Å². The van der Waals surface area contributed by atoms with E-state index in [1.165, 1.54) is 29.4 Å². The Hall–Kier alpha value is -4.31. The molecule has 0 spiro atoms. The van der Waals surface area contributed by atoms with Gasteiger partial charge in [0.2, 0.25) is 5.91 Å². The second-order valence-electron chi connectivity index (χ2n) is 8.65. The molecule has 0 aliphatic carbocycles. The minimum atomic E-state index is -0.500. The van der Waals surface area contributed by atoms with Gasteiger partial charge in [-0.2, -0.15) is 5.10 Å². The van der Waals surface area contributed by atoms with Crippen LogP contribution in [0.1, 0.15) is 22.3 Å². The molecule has 8 nitrogen and oxygen atoms in total. The molecule has 2 amide bonds. The summed E-state index contributed by atoms with van der Waals surface area (Å²) < 4.78 is 14.0. The molecule has 0 fully saturated rings. The number of fused-ring (bicyclic) bond motifs is 1. The van der Waals surface area contributed by atoms with Gasteiger partial charge in [-0.3, -0.25) is 19.6 Å². The number of thioether (sulfide) groups is 1. The van der Waals surface area contributed by atoms with E-state index in [2.05, 4.69) is 25.8 Å². The Kier molecular flexibility index (Phi) is 8.99. The lowest BCUT2D eigenvalue weighted by molar-refractivity contribution is -0.128. The number of carbonyl (C=O) groups excluding carboxylic acids is 2. The molecule has 0 bridgehead atoms. The maximum Gasteiger partial charge on any atom is 0.275 e. The number of halogens is 1. The molecule has 0 aliphatic heterocycles. The van der Waals surface area contributed by atoms with Crippen LogP contribution >= 0.6 is 11.8 Å². The van der Waals surface area contributed by atoms with E-state index < -0.39 is 11.7 Å². The molecular weight excluding hydrogens is 503 g/mol. The first-order valence-electron chi connectivity index (χ1n) is 11.9. The predicted molar refractivity (Wildman–Crippen MR) is 149 cm³/mol. The summed E-state index contributed by atoms with van der Waals surface area (Å²) in [4.78, 5) is 36.8. The summed E-state index contributed by atoms with van der Waals surface area (Å²) in [6.45, 7) is 0. The van der Waals surface area contributed by atoms with Gasteiger partial charge in [-0.1, -0.05) is 24.3 Å². The van der Waals surface area contributed by atoms with E-state index in [1.54, 1.807) is 56.5 Å². The Labute approximate surface area is 224 Å². The average Bonchev–Trinajstić information content (AvgIpc) is 2.92. The molecule has 38 heavy (non-hydrogen) atoms. The van der Waals surface area contributed by atoms with Gasteiger partial charge in [0.25, 0.3) is 5.91 Å². The number of amides is 2. The van der Waals surface area contributed by atoms with Crippen LogP contribution in [0.2, 0.25) is 0 Å². The standard InChI is InChI=1S/C28H27FN6O2S/c1-35(2)26(36)14-21(18-38-22-8-4-3-5-9-22)33-27-23-11-10-20(29)13-25(23)31-17-24(27)28(37)34-32-16-19-7-6-12-30-15-19/h3-13,15-17,21H,14,18H2,1-2H3,(H,31,33)(H,34,37)/b32-16+. The molecule has 0 saturated heterocycles. The van der Waals surface area contributed by atoms with E-state index >= 15 is 0 Å². The van der Waals surface area contributed by atoms with E-state index in [0.29, 0.717) is 22.3 Å². The zero-order chi connectivity index (χ0) is 26.9. The number of rotatable bonds is 10. The van der Waals surface area contributed by atoms with Crippen molar-refractivity contribution in [2.75, 3.05) is 25.2 Å². The predicted octanol–water partition coefficient (Wildman–Crippen LogP) is 4.58. The second-order valence-corrected chi connectivity index (χ2v) is 9.74. The van der Waals surface area contributed by atoms with Crippen molar-refractivity contribution in [3.63, 3.8) is 0 Å². The maximum absolute atomic E-state index is 14.0. The zero-order valence-electron chi connectivity index (χ0n) is 21.0. The Morgan fingerprint density at radius 1 is 1.11 bits per heavy atom. The van der Waals surface area contributed by atoms with E-state index in [-0.39, 0.29) is 23.9 Å². The number of nitrogens with one attached hydrogen (secondary N) is 2. The second kappa shape index (κ2) is 12.8. The Morgan fingerprint density at radius 3 is 2.66 bits per heavy atom. The van der Waals surface area contributed by atoms with Crippen molar-refractivity contribution in [1.29, 1.82) is 0 Å². The summed E-state index contributed by atoms with van der Waals surface area (Å²) in [6, 6.07) is 17.3. The van der Waals surface area contributed by atoms with Gasteiger partial charge >= 0.3 is 0 Å². The number of carbonyl (C=O) groups is 2. The normalized spacial score (nSPS) is 11.9. The molecule has 0 radical (unpaired) electrons. The number of hydrogen-bond donors (Lipinski definition) is 2. The number of nitrogens with zero attached hydrogens (tertiary/aromatic N) is 4. The monoisotopic (exact) mass is 530 g/mol. The zero-order valence-corrected chi connectivity index (χ0v) is 21.8. The fourth-order valence-corrected chi connectivity index (χ4v) is 4.58. The fraction of sp³-hybridized carbons (Fsp3) is 0.179. The molecule has 2 N–H and O–H groups in total. The molecule has 1 atom stereocenters. The van der Waals surface area contributed by atoms with Crippen molar-refractivity contribution in [1.82, 2.24) is 20.3 Å². The van der Waals surface area contributed by atoms with Gasteiger partial charge in [0.15, 0.2) is 0 Å². The summed E-state index contributed by atoms with van der Waals surface area (Å²) >= 11 is 1.60. The SMILES string of the molecule is CN(C)C(=O)CC(CSc1ccccc1)Nc1c(C(=O)N/N=C/c2cccnc2)cnc2cc(F)ccc12. The van der Waals surface area contributed by atoms with Crippen molar-refractivity contribution in [3.05, 3.63) is 96.2 Å². The van der Waals surface area contributed by atoms with Gasteiger partial charge in [0, 0.05) is 72.8 Å². The highest BCUT2D eigenvalue weighted by atomic mass is 32.2. The summed E-state index contributed by atoms with van der Waals surface area (Å²) in [5, 5.41) is 7.99. The quantitative estimate of drug-likeness (QED) is 0.177. The summed E-state index contributed by atoms with van der Waals surface area (Å²) in [6.07, 6.45) is 6.32. The Bertz CT molecular complexity index is 1430. The molecule has 2 heterocycles. The van der Waals surface area contributed by atoms with Crippen LogP contribution in [-0.2, 0) is 4.79 Å². The van der Waals surface area contributed by atoms with Crippen LogP contribution in [0.15, 0.2) is 89.3 Å². The molecule has 4 rings (SSSR count). The van der Waals surface area contributed by atoms with E-state index in [0.717, 1.165) is 10.5 Å². The number of aromatic nitrogens is 2. The molecule has 10 heteroatoms. The number of hydrogen-bond acceptors (Lipinski definition) is 7. The van der Waals surface area contributed by atoms with Crippen molar-refractivity contribution in [2.45, 2.75) is 17.4 Å². The van der Waals surface area contributed by atoms with Crippen LogP contribution in [0, 0.1) is 5.82 Å². The summed E-state index contributed by atoms with van der Waals surface area (Å²) in [5.74, 6) is -0.449. The van der Waals surface area contributed by atoms with Crippen LogP contribution in [0.3, 0.4) is 0 Å². The van der Waals surface area contributed by atoms with Gasteiger partial charge in [-0.15, -0.1) is 11.8 Å². The average molecular weight is 531 g/mol. The minimum Gasteiger partial charge on any atom is -0.380 e. The topological polar surface area (TPSA) is 99.6 Å². The smallest absolute Gasteiger partial charge is 0.275 e. The number of benzene rings is 2. The molecule has 0 saturated carbocycles. The molecule has 1 unspecified atom stereocenters. The Morgan fingerprint density at radius 2 is 1.92 bits per heavy atom. The number of hydrazone groups is 1. The molecule has 4 aromatic rings. The van der Waals surface area contributed by atoms with Crippen LogP contribution in [0.4, 0.5) is 10.1 Å². The van der Waals surface area contributed by atoms with Gasteiger partial charge in [-0.05, 0) is 30.3 Å². The highest BCUT2D eigenvalue weighted by Crippen LogP contribution is 2.29. The number of anilines is 1. The highest BCUT2D eigenvalue weighted by Gasteiger charge is 2.22. The van der Waals surface area contributed by atoms with Crippen molar-refractivity contribution in [2.24, 2.45) is 5.10 Å². The lowest BCUT2D eigenvalue weighted by atomic mass is 10.1. The van der Waals surface area contributed by atoms with E-state index in [4.69, 9.17) is 0 Å². The van der Waals surface area contributed by atoms with E-state index in [1.807, 2.05) is 30.3 Å². The molecule has 0 aliphatic rings. The van der Waals surface area contributed by atoms with Gasteiger partial charge < -0.3 is 10.2 Å². The minimum absolute atomic E-state index is 0.0624. The first kappa shape index (κ1) is 26.7. The third-order valence-corrected chi connectivity index (χ3v) is 6.78. The first-order valence-corrected chi connectivity index (χ1v) is 12.9. The highest BCUT2D eigenvalue weighted by molar-refractivity contribution is 7.99. The number of pyridine rings is 2. The van der Waals surface area contributed by atoms with Crippen LogP contribution in [0.25, 0.3) is 10.9 Å². The van der Waals surface area contributed by atoms with Crippen LogP contribution in [0.5, 0.6) is 0 Å². The molecular formula is C28H27FN6O2S. The van der Waals surface area contributed by atoms with E-state index in [9.17, 15) is 14.0 Å². The largest absolute Gasteiger partial charge is 0.380 e. The van der Waals surface area contributed by atoms with Gasteiger partial charge in [0.1, 0.15) is 5.82 Å². The van der Waals surface area contributed by atoms with Crippen molar-refractivity contribution < 1.29 is 14.0 Å². The molecule has 2 aromatic heterocycles. The summed E-state index contributed by atoms with van der Waals surface area (Å²) in [7, 11) is 3.40. The molecule has 194 valence electrons. The third kappa shape index (κ3) is 7.13. The van der Waals surface area contributed by atoms with Gasteiger partial charge in [-0.25, -0.2) is 9.82 Å². The van der Waals surface area contributed by atoms with Crippen molar-refractivity contribution >= 4 is 46.4 Å².